The van der Waals surface area contributed by atoms with E-state index in [4.69, 9.17) is 5.73 Å². The summed E-state index contributed by atoms with van der Waals surface area (Å²) in [5.41, 5.74) is 4.20. The first-order chi connectivity index (χ1) is 5.91. The molecule has 0 aromatic carbocycles. The van der Waals surface area contributed by atoms with E-state index in [0.717, 1.165) is 6.42 Å². The average molecular weight is 181 g/mol. The lowest BCUT2D eigenvalue weighted by molar-refractivity contribution is -0.143. The molecular formula is C10H15NO2. The molecule has 0 saturated heterocycles. The van der Waals surface area contributed by atoms with Crippen molar-refractivity contribution in [1.82, 2.24) is 0 Å². The zero-order chi connectivity index (χ0) is 9.85. The fourth-order valence-electron chi connectivity index (χ4n) is 3.01. The van der Waals surface area contributed by atoms with Gasteiger partial charge in [-0.1, -0.05) is 13.8 Å². The monoisotopic (exact) mass is 181 g/mol. The van der Waals surface area contributed by atoms with Crippen LogP contribution in [0.25, 0.3) is 0 Å². The second-order valence-electron chi connectivity index (χ2n) is 4.94. The number of ketones is 1. The number of nitrogens with two attached hydrogens (primary N) is 1. The van der Waals surface area contributed by atoms with Gasteiger partial charge in [-0.3, -0.25) is 9.59 Å². The third-order valence-electron chi connectivity index (χ3n) is 4.03. The summed E-state index contributed by atoms with van der Waals surface area (Å²) in [6, 6.07) is 0. The molecule has 2 aliphatic rings. The number of rotatable bonds is 1. The number of amides is 1. The molecule has 0 aromatic rings. The number of carbonyl (C=O) groups is 2. The van der Waals surface area contributed by atoms with Crippen LogP contribution in [0.5, 0.6) is 0 Å². The van der Waals surface area contributed by atoms with E-state index >= 15 is 0 Å². The van der Waals surface area contributed by atoms with Gasteiger partial charge in [-0.25, -0.2) is 0 Å². The molecule has 2 unspecified atom stereocenters. The summed E-state index contributed by atoms with van der Waals surface area (Å²) in [6.07, 6.45) is 2.34. The van der Waals surface area contributed by atoms with Crippen LogP contribution in [-0.2, 0) is 9.59 Å². The molecule has 0 radical (unpaired) electrons. The summed E-state index contributed by atoms with van der Waals surface area (Å²) in [7, 11) is 0. The number of carbonyl (C=O) groups excluding carboxylic acids is 2. The van der Waals surface area contributed by atoms with E-state index < -0.39 is 11.3 Å². The van der Waals surface area contributed by atoms with Gasteiger partial charge in [0.15, 0.2) is 5.78 Å². The van der Waals surface area contributed by atoms with E-state index in [-0.39, 0.29) is 11.2 Å². The second kappa shape index (κ2) is 2.14. The largest absolute Gasteiger partial charge is 0.369 e. The molecule has 0 heterocycles. The van der Waals surface area contributed by atoms with Crippen molar-refractivity contribution in [1.29, 1.82) is 0 Å². The highest BCUT2D eigenvalue weighted by Gasteiger charge is 2.64. The lowest BCUT2D eigenvalue weighted by Gasteiger charge is -2.31. The normalized spacial score (nSPS) is 41.1. The SMILES string of the molecule is CC1(C)C(=O)C2(C(N)=O)CCC1C2. The van der Waals surface area contributed by atoms with Crippen molar-refractivity contribution in [2.75, 3.05) is 0 Å². The number of hydrogen-bond acceptors (Lipinski definition) is 2. The van der Waals surface area contributed by atoms with Crippen molar-refractivity contribution in [2.24, 2.45) is 22.5 Å². The Morgan fingerprint density at radius 2 is 2.15 bits per heavy atom. The maximum atomic E-state index is 12.0. The lowest BCUT2D eigenvalue weighted by atomic mass is 9.70. The molecule has 1 amide bonds. The van der Waals surface area contributed by atoms with E-state index in [9.17, 15) is 9.59 Å². The Morgan fingerprint density at radius 3 is 2.46 bits per heavy atom. The highest BCUT2D eigenvalue weighted by molar-refractivity contribution is 6.10. The van der Waals surface area contributed by atoms with Crippen LogP contribution in [0.3, 0.4) is 0 Å². The molecule has 0 aliphatic heterocycles. The smallest absolute Gasteiger partial charge is 0.231 e. The van der Waals surface area contributed by atoms with Gasteiger partial charge in [0.05, 0.1) is 0 Å². The van der Waals surface area contributed by atoms with Crippen LogP contribution in [0.4, 0.5) is 0 Å². The molecule has 2 rings (SSSR count). The fraction of sp³-hybridized carbons (Fsp3) is 0.800. The molecular weight excluding hydrogens is 166 g/mol. The minimum Gasteiger partial charge on any atom is -0.369 e. The highest BCUT2D eigenvalue weighted by Crippen LogP contribution is 2.59. The third kappa shape index (κ3) is 0.798. The van der Waals surface area contributed by atoms with Crippen LogP contribution in [0.1, 0.15) is 33.1 Å². The summed E-state index contributed by atoms with van der Waals surface area (Å²) in [6.45, 7) is 3.87. The molecule has 2 N–H and O–H groups in total. The first-order valence-corrected chi connectivity index (χ1v) is 4.76. The number of fused-ring (bicyclic) bond motifs is 2. The van der Waals surface area contributed by atoms with Gasteiger partial charge in [0.2, 0.25) is 5.91 Å². The van der Waals surface area contributed by atoms with Crippen molar-refractivity contribution in [3.8, 4) is 0 Å². The van der Waals surface area contributed by atoms with Crippen LogP contribution in [0, 0.1) is 16.7 Å². The van der Waals surface area contributed by atoms with Gasteiger partial charge in [0.1, 0.15) is 5.41 Å². The third-order valence-corrected chi connectivity index (χ3v) is 4.03. The zero-order valence-corrected chi connectivity index (χ0v) is 8.09. The molecule has 2 bridgehead atoms. The Hall–Kier alpha value is -0.860. The topological polar surface area (TPSA) is 60.2 Å². The molecule has 3 nitrogen and oxygen atoms in total. The number of primary amides is 1. The molecule has 3 heteroatoms. The summed E-state index contributed by atoms with van der Waals surface area (Å²) in [4.78, 5) is 23.2. The van der Waals surface area contributed by atoms with Crippen molar-refractivity contribution in [2.45, 2.75) is 33.1 Å². The van der Waals surface area contributed by atoms with E-state index in [0.29, 0.717) is 18.8 Å². The lowest BCUT2D eigenvalue weighted by Crippen LogP contribution is -2.45. The molecule has 72 valence electrons. The maximum Gasteiger partial charge on any atom is 0.231 e. The van der Waals surface area contributed by atoms with Gasteiger partial charge in [-0.15, -0.1) is 0 Å². The molecule has 2 aliphatic carbocycles. The minimum absolute atomic E-state index is 0.0729. The molecule has 0 aromatic heterocycles. The average Bonchev–Trinajstić information content (AvgIpc) is 2.53. The van der Waals surface area contributed by atoms with Crippen LogP contribution in [0.2, 0.25) is 0 Å². The molecule has 2 fully saturated rings. The van der Waals surface area contributed by atoms with Crippen molar-refractivity contribution < 1.29 is 9.59 Å². The Kier molecular flexibility index (Phi) is 1.44. The zero-order valence-electron chi connectivity index (χ0n) is 8.09. The first kappa shape index (κ1) is 8.73. The van der Waals surface area contributed by atoms with Gasteiger partial charge >= 0.3 is 0 Å². The standard InChI is InChI=1S/C10H15NO2/c1-9(2)6-3-4-10(5-6,7(9)12)8(11)13/h6H,3-5H2,1-2H3,(H2,11,13). The molecule has 0 spiro atoms. The van der Waals surface area contributed by atoms with Gasteiger partial charge in [-0.2, -0.15) is 0 Å². The Bertz CT molecular complexity index is 295. The Labute approximate surface area is 77.7 Å². The highest BCUT2D eigenvalue weighted by atomic mass is 16.2. The first-order valence-electron chi connectivity index (χ1n) is 4.76. The van der Waals surface area contributed by atoms with E-state index in [1.165, 1.54) is 0 Å². The summed E-state index contributed by atoms with van der Waals surface area (Å²) in [5.74, 6) is 0.0295. The number of hydrogen-bond donors (Lipinski definition) is 1. The maximum absolute atomic E-state index is 12.0. The fourth-order valence-corrected chi connectivity index (χ4v) is 3.01. The van der Waals surface area contributed by atoms with Crippen LogP contribution < -0.4 is 5.73 Å². The Balaban J connectivity index is 2.46. The van der Waals surface area contributed by atoms with Gasteiger partial charge in [-0.05, 0) is 25.2 Å². The quantitative estimate of drug-likeness (QED) is 0.610. The predicted molar refractivity (Wildman–Crippen MR) is 47.8 cm³/mol. The minimum atomic E-state index is -0.797. The summed E-state index contributed by atoms with van der Waals surface area (Å²) in [5, 5.41) is 0. The second-order valence-corrected chi connectivity index (χ2v) is 4.94. The summed E-state index contributed by atoms with van der Waals surface area (Å²) >= 11 is 0. The van der Waals surface area contributed by atoms with Crippen molar-refractivity contribution >= 4 is 11.7 Å². The van der Waals surface area contributed by atoms with Gasteiger partial charge in [0.25, 0.3) is 0 Å². The van der Waals surface area contributed by atoms with Gasteiger partial charge < -0.3 is 5.73 Å². The van der Waals surface area contributed by atoms with Crippen molar-refractivity contribution in [3.05, 3.63) is 0 Å². The predicted octanol–water partition coefficient (Wildman–Crippen LogP) is 0.867. The molecule has 13 heavy (non-hydrogen) atoms. The van der Waals surface area contributed by atoms with Crippen LogP contribution in [0.15, 0.2) is 0 Å². The van der Waals surface area contributed by atoms with E-state index in [1.54, 1.807) is 0 Å². The van der Waals surface area contributed by atoms with E-state index in [1.807, 2.05) is 13.8 Å². The Morgan fingerprint density at radius 1 is 1.54 bits per heavy atom. The molecule has 2 saturated carbocycles. The van der Waals surface area contributed by atoms with Crippen LogP contribution in [-0.4, -0.2) is 11.7 Å². The summed E-state index contributed by atoms with van der Waals surface area (Å²) < 4.78 is 0. The van der Waals surface area contributed by atoms with Crippen LogP contribution >= 0.6 is 0 Å². The van der Waals surface area contributed by atoms with Crippen molar-refractivity contribution in [3.63, 3.8) is 0 Å². The number of Topliss-reactive ketones (excluding diaryl/α,β-unsaturated/α-hetero) is 1. The van der Waals surface area contributed by atoms with E-state index in [2.05, 4.69) is 0 Å². The molecule has 2 atom stereocenters. The van der Waals surface area contributed by atoms with Gasteiger partial charge in [0, 0.05) is 5.41 Å².